The first kappa shape index (κ1) is 12.6. The van der Waals surface area contributed by atoms with Gasteiger partial charge in [0.15, 0.2) is 0 Å². The van der Waals surface area contributed by atoms with Gasteiger partial charge >= 0.3 is 0 Å². The first-order chi connectivity index (χ1) is 7.15. The van der Waals surface area contributed by atoms with Crippen molar-refractivity contribution in [1.82, 2.24) is 4.98 Å². The van der Waals surface area contributed by atoms with Gasteiger partial charge in [0.25, 0.3) is 0 Å². The Labute approximate surface area is 101 Å². The standard InChI is InChI=1S/C10H15BrN2OS/c1-3-15(14)7-6-13-10-9(11)8(2)4-5-12-10/h4-5H,3,6-7H2,1-2H3,(H,12,13). The van der Waals surface area contributed by atoms with Crippen LogP contribution in [0.25, 0.3) is 0 Å². The van der Waals surface area contributed by atoms with Gasteiger partial charge in [0.05, 0.1) is 4.47 Å². The molecule has 1 aromatic rings. The SMILES string of the molecule is CCS(=O)CCNc1nccc(C)c1Br. The van der Waals surface area contributed by atoms with Crippen molar-refractivity contribution < 1.29 is 4.21 Å². The number of nitrogens with one attached hydrogen (secondary N) is 1. The summed E-state index contributed by atoms with van der Waals surface area (Å²) in [6.45, 7) is 4.63. The second-order valence-corrected chi connectivity index (χ2v) is 5.81. The molecule has 3 nitrogen and oxygen atoms in total. The Kier molecular flexibility index (Phi) is 5.25. The summed E-state index contributed by atoms with van der Waals surface area (Å²) in [6.07, 6.45) is 1.76. The molecule has 0 radical (unpaired) electrons. The van der Waals surface area contributed by atoms with Crippen molar-refractivity contribution in [3.05, 3.63) is 22.3 Å². The molecule has 1 rings (SSSR count). The second-order valence-electron chi connectivity index (χ2n) is 3.15. The average Bonchev–Trinajstić information content (AvgIpc) is 2.24. The molecule has 15 heavy (non-hydrogen) atoms. The van der Waals surface area contributed by atoms with E-state index in [2.05, 4.69) is 26.2 Å². The number of pyridine rings is 1. The van der Waals surface area contributed by atoms with Gasteiger partial charge in [-0.05, 0) is 34.5 Å². The minimum atomic E-state index is -0.718. The number of hydrogen-bond acceptors (Lipinski definition) is 3. The Morgan fingerprint density at radius 2 is 2.33 bits per heavy atom. The molecule has 0 aliphatic carbocycles. The van der Waals surface area contributed by atoms with Crippen LogP contribution in [0.2, 0.25) is 0 Å². The maximum atomic E-state index is 11.2. The molecule has 0 aliphatic heterocycles. The molecular weight excluding hydrogens is 276 g/mol. The van der Waals surface area contributed by atoms with Crippen molar-refractivity contribution in [3.8, 4) is 0 Å². The van der Waals surface area contributed by atoms with E-state index < -0.39 is 10.8 Å². The van der Waals surface area contributed by atoms with E-state index in [1.54, 1.807) is 6.20 Å². The van der Waals surface area contributed by atoms with Crippen LogP contribution in [0.4, 0.5) is 5.82 Å². The van der Waals surface area contributed by atoms with Crippen molar-refractivity contribution >= 4 is 32.5 Å². The summed E-state index contributed by atoms with van der Waals surface area (Å²) >= 11 is 3.46. The summed E-state index contributed by atoms with van der Waals surface area (Å²) in [5.74, 6) is 2.20. The van der Waals surface area contributed by atoms with Gasteiger partial charge in [-0.3, -0.25) is 4.21 Å². The Bertz CT molecular complexity index is 357. The number of aryl methyl sites for hydroxylation is 1. The lowest BCUT2D eigenvalue weighted by Crippen LogP contribution is -2.13. The van der Waals surface area contributed by atoms with Gasteiger partial charge in [-0.2, -0.15) is 0 Å². The van der Waals surface area contributed by atoms with Crippen LogP contribution in [-0.2, 0) is 10.8 Å². The minimum absolute atomic E-state index is 0.665. The van der Waals surface area contributed by atoms with Crippen molar-refractivity contribution in [2.45, 2.75) is 13.8 Å². The molecule has 0 amide bonds. The Morgan fingerprint density at radius 3 is 3.00 bits per heavy atom. The van der Waals surface area contributed by atoms with Crippen LogP contribution in [0.1, 0.15) is 12.5 Å². The Balaban J connectivity index is 2.51. The van der Waals surface area contributed by atoms with Gasteiger partial charge in [0.2, 0.25) is 0 Å². The van der Waals surface area contributed by atoms with Crippen molar-refractivity contribution in [2.75, 3.05) is 23.4 Å². The molecular formula is C10H15BrN2OS. The maximum Gasteiger partial charge on any atom is 0.140 e. The van der Waals surface area contributed by atoms with Gasteiger partial charge in [0.1, 0.15) is 5.82 Å². The van der Waals surface area contributed by atoms with Crippen LogP contribution >= 0.6 is 15.9 Å². The highest BCUT2D eigenvalue weighted by Crippen LogP contribution is 2.22. The topological polar surface area (TPSA) is 42.0 Å². The van der Waals surface area contributed by atoms with Crippen molar-refractivity contribution in [1.29, 1.82) is 0 Å². The smallest absolute Gasteiger partial charge is 0.140 e. The summed E-state index contributed by atoms with van der Waals surface area (Å²) in [6, 6.07) is 1.94. The lowest BCUT2D eigenvalue weighted by molar-refractivity contribution is 0.684. The molecule has 0 fully saturated rings. The van der Waals surface area contributed by atoms with E-state index in [4.69, 9.17) is 0 Å². The van der Waals surface area contributed by atoms with Gasteiger partial charge in [0, 0.05) is 35.0 Å². The van der Waals surface area contributed by atoms with Crippen LogP contribution in [0.3, 0.4) is 0 Å². The zero-order chi connectivity index (χ0) is 11.3. The molecule has 0 saturated heterocycles. The van der Waals surface area contributed by atoms with Crippen molar-refractivity contribution in [3.63, 3.8) is 0 Å². The Hall–Kier alpha value is -0.420. The molecule has 1 heterocycles. The first-order valence-corrected chi connectivity index (χ1v) is 7.13. The fraction of sp³-hybridized carbons (Fsp3) is 0.500. The molecule has 0 saturated carbocycles. The first-order valence-electron chi connectivity index (χ1n) is 4.85. The fourth-order valence-corrected chi connectivity index (χ4v) is 2.08. The summed E-state index contributed by atoms with van der Waals surface area (Å²) < 4.78 is 12.2. The minimum Gasteiger partial charge on any atom is -0.368 e. The maximum absolute atomic E-state index is 11.2. The quantitative estimate of drug-likeness (QED) is 0.905. The predicted octanol–water partition coefficient (Wildman–Crippen LogP) is 2.33. The van der Waals surface area contributed by atoms with E-state index in [1.165, 1.54) is 0 Å². The lowest BCUT2D eigenvalue weighted by Gasteiger charge is -2.08. The zero-order valence-electron chi connectivity index (χ0n) is 8.92. The molecule has 1 aromatic heterocycles. The molecule has 0 spiro atoms. The largest absolute Gasteiger partial charge is 0.368 e. The number of hydrogen-bond donors (Lipinski definition) is 1. The molecule has 0 aromatic carbocycles. The molecule has 1 N–H and O–H groups in total. The number of nitrogens with zero attached hydrogens (tertiary/aromatic N) is 1. The van der Waals surface area contributed by atoms with E-state index in [0.29, 0.717) is 18.1 Å². The normalized spacial score (nSPS) is 12.5. The van der Waals surface area contributed by atoms with Crippen LogP contribution in [-0.4, -0.2) is 27.2 Å². The third kappa shape index (κ3) is 3.91. The monoisotopic (exact) mass is 290 g/mol. The lowest BCUT2D eigenvalue weighted by atomic mass is 10.3. The molecule has 0 aliphatic rings. The van der Waals surface area contributed by atoms with E-state index in [9.17, 15) is 4.21 Å². The predicted molar refractivity (Wildman–Crippen MR) is 68.7 cm³/mol. The highest BCUT2D eigenvalue weighted by atomic mass is 79.9. The number of aromatic nitrogens is 1. The second kappa shape index (κ2) is 6.23. The summed E-state index contributed by atoms with van der Waals surface area (Å²) in [5.41, 5.74) is 1.14. The fourth-order valence-electron chi connectivity index (χ4n) is 1.09. The molecule has 0 bridgehead atoms. The van der Waals surface area contributed by atoms with E-state index in [0.717, 1.165) is 15.9 Å². The molecule has 1 atom stereocenters. The van der Waals surface area contributed by atoms with Crippen LogP contribution in [0.15, 0.2) is 16.7 Å². The molecule has 84 valence electrons. The molecule has 5 heteroatoms. The van der Waals surface area contributed by atoms with Gasteiger partial charge in [-0.1, -0.05) is 6.92 Å². The highest BCUT2D eigenvalue weighted by Gasteiger charge is 2.03. The zero-order valence-corrected chi connectivity index (χ0v) is 11.3. The number of halogens is 1. The highest BCUT2D eigenvalue weighted by molar-refractivity contribution is 9.10. The average molecular weight is 291 g/mol. The van der Waals surface area contributed by atoms with Gasteiger partial charge in [-0.15, -0.1) is 0 Å². The number of anilines is 1. The summed E-state index contributed by atoms with van der Waals surface area (Å²) in [4.78, 5) is 4.20. The van der Waals surface area contributed by atoms with Crippen LogP contribution < -0.4 is 5.32 Å². The van der Waals surface area contributed by atoms with E-state index >= 15 is 0 Å². The van der Waals surface area contributed by atoms with E-state index in [1.807, 2.05) is 19.9 Å². The number of rotatable bonds is 5. The van der Waals surface area contributed by atoms with Crippen LogP contribution in [0, 0.1) is 6.92 Å². The molecule has 1 unspecified atom stereocenters. The third-order valence-electron chi connectivity index (χ3n) is 2.03. The Morgan fingerprint density at radius 1 is 1.60 bits per heavy atom. The van der Waals surface area contributed by atoms with Gasteiger partial charge in [-0.25, -0.2) is 4.98 Å². The summed E-state index contributed by atoms with van der Waals surface area (Å²) in [7, 11) is -0.718. The van der Waals surface area contributed by atoms with Crippen molar-refractivity contribution in [2.24, 2.45) is 0 Å². The summed E-state index contributed by atoms with van der Waals surface area (Å²) in [5, 5.41) is 3.17. The van der Waals surface area contributed by atoms with E-state index in [-0.39, 0.29) is 0 Å². The van der Waals surface area contributed by atoms with Crippen LogP contribution in [0.5, 0.6) is 0 Å². The third-order valence-corrected chi connectivity index (χ3v) is 4.33. The van der Waals surface area contributed by atoms with Gasteiger partial charge < -0.3 is 5.32 Å².